The van der Waals surface area contributed by atoms with E-state index in [4.69, 9.17) is 5.73 Å². The highest BCUT2D eigenvalue weighted by Gasteiger charge is 2.09. The predicted molar refractivity (Wildman–Crippen MR) is 70.0 cm³/mol. The number of hydrogen-bond acceptors (Lipinski definition) is 3. The van der Waals surface area contributed by atoms with Gasteiger partial charge in [-0.3, -0.25) is 9.00 Å². The van der Waals surface area contributed by atoms with Gasteiger partial charge < -0.3 is 10.6 Å². The Kier molecular flexibility index (Phi) is 5.27. The Bertz CT molecular complexity index is 443. The van der Waals surface area contributed by atoms with E-state index < -0.39 is 16.6 Å². The van der Waals surface area contributed by atoms with Crippen molar-refractivity contribution >= 4 is 22.4 Å². The molecule has 1 rings (SSSR count). The second-order valence-electron chi connectivity index (χ2n) is 4.16. The predicted octanol–water partition coefficient (Wildman–Crippen LogP) is 1.38. The maximum absolute atomic E-state index is 13.1. The Hall–Kier alpha value is -1.43. The number of hydrogen-bond donors (Lipinski definition) is 1. The van der Waals surface area contributed by atoms with E-state index in [0.717, 1.165) is 0 Å². The molecule has 0 radical (unpaired) electrons. The summed E-state index contributed by atoms with van der Waals surface area (Å²) >= 11 is 0. The molecule has 1 aromatic carbocycles. The summed E-state index contributed by atoms with van der Waals surface area (Å²) in [7, 11) is 2.02. The van der Waals surface area contributed by atoms with Crippen LogP contribution in [0.3, 0.4) is 0 Å². The van der Waals surface area contributed by atoms with E-state index in [1.165, 1.54) is 23.1 Å². The highest BCUT2D eigenvalue weighted by atomic mass is 32.2. The van der Waals surface area contributed by atoms with Gasteiger partial charge in [0.2, 0.25) is 5.91 Å². The fourth-order valence-corrected chi connectivity index (χ4v) is 2.57. The van der Waals surface area contributed by atoms with Crippen LogP contribution in [0.4, 0.5) is 10.1 Å². The molecule has 0 heterocycles. The molecule has 0 spiro atoms. The van der Waals surface area contributed by atoms with E-state index >= 15 is 0 Å². The van der Waals surface area contributed by atoms with Gasteiger partial charge in [0.1, 0.15) is 5.82 Å². The molecule has 18 heavy (non-hydrogen) atoms. The lowest BCUT2D eigenvalue weighted by molar-refractivity contribution is -0.128. The van der Waals surface area contributed by atoms with Gasteiger partial charge in [-0.25, -0.2) is 4.39 Å². The molecular formula is C12H17FN2O2S. The first kappa shape index (κ1) is 14.6. The molecule has 0 aliphatic heterocycles. The maximum atomic E-state index is 13.1. The number of nitrogens with zero attached hydrogens (tertiary/aromatic N) is 1. The van der Waals surface area contributed by atoms with Crippen molar-refractivity contribution in [2.24, 2.45) is 0 Å². The molecule has 0 bridgehead atoms. The number of carbonyl (C=O) groups excluding carboxylic acids is 1. The first-order valence-corrected chi connectivity index (χ1v) is 6.86. The molecule has 0 aliphatic rings. The van der Waals surface area contributed by atoms with Gasteiger partial charge in [-0.1, -0.05) is 0 Å². The topological polar surface area (TPSA) is 63.4 Å². The van der Waals surface area contributed by atoms with Crippen LogP contribution >= 0.6 is 0 Å². The summed E-state index contributed by atoms with van der Waals surface area (Å²) in [5.74, 6) is -0.184. The summed E-state index contributed by atoms with van der Waals surface area (Å²) in [4.78, 5) is 13.2. The van der Waals surface area contributed by atoms with E-state index in [9.17, 15) is 13.4 Å². The van der Waals surface area contributed by atoms with Crippen LogP contribution in [0.1, 0.15) is 12.8 Å². The SMILES string of the molecule is CN(C)C(=O)CCCS(=O)c1cc(N)cc(F)c1. The lowest BCUT2D eigenvalue weighted by Crippen LogP contribution is -2.21. The highest BCUT2D eigenvalue weighted by molar-refractivity contribution is 7.85. The number of rotatable bonds is 5. The summed E-state index contributed by atoms with van der Waals surface area (Å²) in [5, 5.41) is 0. The van der Waals surface area contributed by atoms with Gasteiger partial charge in [-0.05, 0) is 24.6 Å². The van der Waals surface area contributed by atoms with E-state index in [0.29, 0.717) is 23.5 Å². The highest BCUT2D eigenvalue weighted by Crippen LogP contribution is 2.15. The van der Waals surface area contributed by atoms with Crippen molar-refractivity contribution in [2.45, 2.75) is 17.7 Å². The first-order valence-electron chi connectivity index (χ1n) is 5.54. The van der Waals surface area contributed by atoms with Crippen LogP contribution in [0.2, 0.25) is 0 Å². The van der Waals surface area contributed by atoms with E-state index in [1.54, 1.807) is 14.1 Å². The van der Waals surface area contributed by atoms with Crippen molar-refractivity contribution in [1.29, 1.82) is 0 Å². The summed E-state index contributed by atoms with van der Waals surface area (Å²) in [6.07, 6.45) is 0.837. The monoisotopic (exact) mass is 272 g/mol. The van der Waals surface area contributed by atoms with Crippen LogP contribution in [-0.2, 0) is 15.6 Å². The molecule has 1 unspecified atom stereocenters. The van der Waals surface area contributed by atoms with Gasteiger partial charge in [-0.15, -0.1) is 0 Å². The first-order chi connectivity index (χ1) is 8.40. The van der Waals surface area contributed by atoms with Crippen LogP contribution in [0.15, 0.2) is 23.1 Å². The molecule has 1 atom stereocenters. The molecule has 0 saturated carbocycles. The Labute approximate surface area is 108 Å². The molecule has 1 aromatic rings. The largest absolute Gasteiger partial charge is 0.399 e. The standard InChI is InChI=1S/C12H17FN2O2S/c1-15(2)12(16)4-3-5-18(17)11-7-9(13)6-10(14)8-11/h6-8H,3-5,14H2,1-2H3. The van der Waals surface area contributed by atoms with Crippen molar-refractivity contribution in [1.82, 2.24) is 4.90 Å². The summed E-state index contributed by atoms with van der Waals surface area (Å²) in [5.41, 5.74) is 5.73. The second-order valence-corrected chi connectivity index (χ2v) is 5.73. The number of nitrogen functional groups attached to an aromatic ring is 1. The minimum absolute atomic E-state index is 0.00856. The number of carbonyl (C=O) groups is 1. The number of anilines is 1. The quantitative estimate of drug-likeness (QED) is 0.824. The summed E-state index contributed by atoms with van der Waals surface area (Å²) < 4.78 is 24.9. The molecular weight excluding hydrogens is 255 g/mol. The minimum atomic E-state index is -1.32. The Balaban J connectivity index is 2.53. The maximum Gasteiger partial charge on any atom is 0.222 e. The van der Waals surface area contributed by atoms with Gasteiger partial charge in [0.05, 0.1) is 10.8 Å². The average molecular weight is 272 g/mol. The van der Waals surface area contributed by atoms with Gasteiger partial charge in [-0.2, -0.15) is 0 Å². The van der Waals surface area contributed by atoms with Crippen LogP contribution < -0.4 is 5.73 Å². The molecule has 0 aromatic heterocycles. The third-order valence-corrected chi connectivity index (χ3v) is 3.80. The molecule has 2 N–H and O–H groups in total. The normalized spacial score (nSPS) is 12.2. The third-order valence-electron chi connectivity index (χ3n) is 2.38. The van der Waals surface area contributed by atoms with Crippen LogP contribution in [0.25, 0.3) is 0 Å². The third kappa shape index (κ3) is 4.44. The van der Waals surface area contributed by atoms with Gasteiger partial charge in [0.15, 0.2) is 0 Å². The van der Waals surface area contributed by atoms with Crippen molar-refractivity contribution in [3.8, 4) is 0 Å². The molecule has 0 saturated heterocycles. The molecule has 0 fully saturated rings. The number of benzene rings is 1. The lowest BCUT2D eigenvalue weighted by Gasteiger charge is -2.09. The Morgan fingerprint density at radius 1 is 1.39 bits per heavy atom. The fraction of sp³-hybridized carbons (Fsp3) is 0.417. The summed E-state index contributed by atoms with van der Waals surface area (Å²) in [6, 6.07) is 3.88. The molecule has 4 nitrogen and oxygen atoms in total. The van der Waals surface area contributed by atoms with Gasteiger partial charge in [0.25, 0.3) is 0 Å². The Morgan fingerprint density at radius 3 is 2.61 bits per heavy atom. The molecule has 6 heteroatoms. The van der Waals surface area contributed by atoms with Crippen molar-refractivity contribution < 1.29 is 13.4 Å². The van der Waals surface area contributed by atoms with E-state index in [2.05, 4.69) is 0 Å². The fourth-order valence-electron chi connectivity index (χ4n) is 1.41. The molecule has 0 aliphatic carbocycles. The van der Waals surface area contributed by atoms with Crippen LogP contribution in [0, 0.1) is 5.82 Å². The van der Waals surface area contributed by atoms with E-state index in [1.807, 2.05) is 0 Å². The van der Waals surface area contributed by atoms with E-state index in [-0.39, 0.29) is 11.6 Å². The Morgan fingerprint density at radius 2 is 2.06 bits per heavy atom. The van der Waals surface area contributed by atoms with Crippen molar-refractivity contribution in [2.75, 3.05) is 25.6 Å². The zero-order valence-corrected chi connectivity index (χ0v) is 11.3. The van der Waals surface area contributed by atoms with Crippen LogP contribution in [-0.4, -0.2) is 34.9 Å². The number of amides is 1. The van der Waals surface area contributed by atoms with Crippen molar-refractivity contribution in [3.05, 3.63) is 24.0 Å². The van der Waals surface area contributed by atoms with Crippen LogP contribution in [0.5, 0.6) is 0 Å². The minimum Gasteiger partial charge on any atom is -0.399 e. The zero-order chi connectivity index (χ0) is 13.7. The zero-order valence-electron chi connectivity index (χ0n) is 10.5. The van der Waals surface area contributed by atoms with Gasteiger partial charge in [0, 0.05) is 36.9 Å². The number of nitrogens with two attached hydrogens (primary N) is 1. The lowest BCUT2D eigenvalue weighted by atomic mass is 10.3. The van der Waals surface area contributed by atoms with Gasteiger partial charge >= 0.3 is 0 Å². The average Bonchev–Trinajstić information content (AvgIpc) is 2.27. The van der Waals surface area contributed by atoms with Crippen molar-refractivity contribution in [3.63, 3.8) is 0 Å². The molecule has 100 valence electrons. The molecule has 1 amide bonds. The smallest absolute Gasteiger partial charge is 0.222 e. The summed E-state index contributed by atoms with van der Waals surface area (Å²) in [6.45, 7) is 0. The number of halogens is 1. The second kappa shape index (κ2) is 6.49.